The van der Waals surface area contributed by atoms with Crippen molar-refractivity contribution in [2.24, 2.45) is 0 Å². The number of nitriles is 1. The first kappa shape index (κ1) is 9.66. The topological polar surface area (TPSA) is 65.8 Å². The Morgan fingerprint density at radius 3 is 2.80 bits per heavy atom. The van der Waals surface area contributed by atoms with Crippen molar-refractivity contribution >= 4 is 5.91 Å². The molecule has 1 aliphatic carbocycles. The van der Waals surface area contributed by atoms with E-state index in [4.69, 9.17) is 5.26 Å². The van der Waals surface area contributed by atoms with Crippen LogP contribution in [0.4, 0.5) is 0 Å². The smallest absolute Gasteiger partial charge is 0.271 e. The van der Waals surface area contributed by atoms with Crippen molar-refractivity contribution in [1.82, 2.24) is 10.3 Å². The van der Waals surface area contributed by atoms with Gasteiger partial charge in [0.1, 0.15) is 11.2 Å². The van der Waals surface area contributed by atoms with Crippen molar-refractivity contribution in [3.63, 3.8) is 0 Å². The number of carbonyl (C=O) groups is 1. The normalized spacial score (nSPS) is 16.5. The van der Waals surface area contributed by atoms with Crippen molar-refractivity contribution in [2.45, 2.75) is 25.3 Å². The highest BCUT2D eigenvalue weighted by atomic mass is 16.2. The molecule has 1 N–H and O–H groups in total. The molecule has 1 fully saturated rings. The fourth-order valence-corrected chi connectivity index (χ4v) is 1.27. The lowest BCUT2D eigenvalue weighted by Gasteiger charge is -2.08. The third-order valence-electron chi connectivity index (χ3n) is 2.46. The van der Waals surface area contributed by atoms with E-state index in [1.165, 1.54) is 0 Å². The fraction of sp³-hybridized carbons (Fsp3) is 0.364. The van der Waals surface area contributed by atoms with Crippen LogP contribution in [0, 0.1) is 18.3 Å². The van der Waals surface area contributed by atoms with Gasteiger partial charge in [0.15, 0.2) is 0 Å². The maximum Gasteiger partial charge on any atom is 0.271 e. The number of aromatic nitrogens is 1. The molecule has 0 aliphatic heterocycles. The van der Waals surface area contributed by atoms with Crippen LogP contribution < -0.4 is 5.32 Å². The Labute approximate surface area is 87.9 Å². The third-order valence-corrected chi connectivity index (χ3v) is 2.46. The number of pyridine rings is 1. The second-order valence-corrected chi connectivity index (χ2v) is 3.87. The molecule has 0 spiro atoms. The second kappa shape index (κ2) is 3.35. The van der Waals surface area contributed by atoms with E-state index in [9.17, 15) is 4.79 Å². The second-order valence-electron chi connectivity index (χ2n) is 3.87. The molecule has 0 aromatic carbocycles. The lowest BCUT2D eigenvalue weighted by molar-refractivity contribution is 0.0936. The molecule has 1 saturated carbocycles. The van der Waals surface area contributed by atoms with E-state index >= 15 is 0 Å². The quantitative estimate of drug-likeness (QED) is 0.781. The lowest BCUT2D eigenvalue weighted by Crippen LogP contribution is -2.35. The van der Waals surface area contributed by atoms with E-state index in [0.717, 1.165) is 18.4 Å². The monoisotopic (exact) mass is 201 g/mol. The van der Waals surface area contributed by atoms with Crippen LogP contribution in [0.1, 0.15) is 28.9 Å². The first-order chi connectivity index (χ1) is 7.15. The molecule has 1 aliphatic rings. The number of aryl methyl sites for hydroxylation is 1. The molecule has 0 saturated heterocycles. The van der Waals surface area contributed by atoms with Crippen LogP contribution in [0.5, 0.6) is 0 Å². The summed E-state index contributed by atoms with van der Waals surface area (Å²) in [5, 5.41) is 11.5. The van der Waals surface area contributed by atoms with Crippen molar-refractivity contribution in [1.29, 1.82) is 5.26 Å². The van der Waals surface area contributed by atoms with E-state index in [-0.39, 0.29) is 5.91 Å². The largest absolute Gasteiger partial charge is 0.332 e. The van der Waals surface area contributed by atoms with Gasteiger partial charge in [0.2, 0.25) is 0 Å². The number of rotatable bonds is 2. The molecule has 0 atom stereocenters. The molecule has 1 aromatic heterocycles. The maximum absolute atomic E-state index is 11.6. The number of carbonyl (C=O) groups excluding carboxylic acids is 1. The number of nitrogens with zero attached hydrogens (tertiary/aromatic N) is 2. The van der Waals surface area contributed by atoms with Gasteiger partial charge in [-0.1, -0.05) is 6.07 Å². The van der Waals surface area contributed by atoms with Crippen molar-refractivity contribution in [2.75, 3.05) is 0 Å². The van der Waals surface area contributed by atoms with E-state index in [1.54, 1.807) is 12.3 Å². The Morgan fingerprint density at radius 1 is 1.60 bits per heavy atom. The van der Waals surface area contributed by atoms with Gasteiger partial charge in [0.05, 0.1) is 6.07 Å². The number of hydrogen-bond donors (Lipinski definition) is 1. The van der Waals surface area contributed by atoms with Crippen LogP contribution in [0.2, 0.25) is 0 Å². The summed E-state index contributed by atoms with van der Waals surface area (Å²) < 4.78 is 0. The number of nitrogens with one attached hydrogen (secondary N) is 1. The zero-order valence-electron chi connectivity index (χ0n) is 8.45. The minimum Gasteiger partial charge on any atom is -0.332 e. The number of amides is 1. The average Bonchev–Trinajstić information content (AvgIpc) is 2.99. The van der Waals surface area contributed by atoms with Gasteiger partial charge in [-0.05, 0) is 31.4 Å². The molecule has 1 amide bonds. The van der Waals surface area contributed by atoms with Crippen LogP contribution in [0.25, 0.3) is 0 Å². The Balaban J connectivity index is 2.09. The summed E-state index contributed by atoms with van der Waals surface area (Å²) in [5.41, 5.74) is 0.749. The number of hydrogen-bond acceptors (Lipinski definition) is 3. The van der Waals surface area contributed by atoms with Gasteiger partial charge in [-0.3, -0.25) is 9.78 Å². The van der Waals surface area contributed by atoms with E-state index in [0.29, 0.717) is 5.69 Å². The van der Waals surface area contributed by atoms with Crippen molar-refractivity contribution in [3.05, 3.63) is 29.6 Å². The molecular weight excluding hydrogens is 190 g/mol. The van der Waals surface area contributed by atoms with Crippen molar-refractivity contribution < 1.29 is 4.79 Å². The SMILES string of the molecule is Cc1ccc(C(=O)NC2(C#N)CC2)nc1. The average molecular weight is 201 g/mol. The highest BCUT2D eigenvalue weighted by Crippen LogP contribution is 2.34. The van der Waals surface area contributed by atoms with Gasteiger partial charge in [0, 0.05) is 6.20 Å². The molecule has 1 heterocycles. The van der Waals surface area contributed by atoms with Crippen molar-refractivity contribution in [3.8, 4) is 6.07 Å². The summed E-state index contributed by atoms with van der Waals surface area (Å²) in [6, 6.07) is 5.60. The lowest BCUT2D eigenvalue weighted by atomic mass is 10.2. The maximum atomic E-state index is 11.6. The minimum absolute atomic E-state index is 0.269. The predicted molar refractivity (Wildman–Crippen MR) is 54.0 cm³/mol. The molecule has 1 aromatic rings. The molecule has 4 heteroatoms. The summed E-state index contributed by atoms with van der Waals surface area (Å²) >= 11 is 0. The molecule has 76 valence electrons. The van der Waals surface area contributed by atoms with Gasteiger partial charge >= 0.3 is 0 Å². The van der Waals surface area contributed by atoms with E-state index in [1.807, 2.05) is 13.0 Å². The standard InChI is InChI=1S/C11H11N3O/c1-8-2-3-9(13-6-8)10(15)14-11(7-12)4-5-11/h2-3,6H,4-5H2,1H3,(H,14,15). The van der Waals surface area contributed by atoms with Gasteiger partial charge in [-0.2, -0.15) is 5.26 Å². The van der Waals surface area contributed by atoms with Crippen LogP contribution >= 0.6 is 0 Å². The fourth-order valence-electron chi connectivity index (χ4n) is 1.27. The first-order valence-electron chi connectivity index (χ1n) is 4.82. The zero-order valence-corrected chi connectivity index (χ0v) is 8.45. The van der Waals surface area contributed by atoms with Crippen LogP contribution in [0.3, 0.4) is 0 Å². The molecule has 4 nitrogen and oxygen atoms in total. The van der Waals surface area contributed by atoms with Crippen LogP contribution in [-0.2, 0) is 0 Å². The molecule has 0 radical (unpaired) electrons. The Bertz CT molecular complexity index is 426. The van der Waals surface area contributed by atoms with Crippen LogP contribution in [-0.4, -0.2) is 16.4 Å². The molecule has 0 unspecified atom stereocenters. The Morgan fingerprint density at radius 2 is 2.33 bits per heavy atom. The summed E-state index contributed by atoms with van der Waals surface area (Å²) in [6.07, 6.45) is 3.11. The summed E-state index contributed by atoms with van der Waals surface area (Å²) in [6.45, 7) is 1.91. The molecule has 2 rings (SSSR count). The first-order valence-corrected chi connectivity index (χ1v) is 4.82. The van der Waals surface area contributed by atoms with E-state index in [2.05, 4.69) is 16.4 Å². The highest BCUT2D eigenvalue weighted by Gasteiger charge is 2.44. The Kier molecular flexibility index (Phi) is 2.16. The zero-order chi connectivity index (χ0) is 10.9. The van der Waals surface area contributed by atoms with Gasteiger partial charge in [-0.15, -0.1) is 0 Å². The molecule has 15 heavy (non-hydrogen) atoms. The third kappa shape index (κ3) is 1.96. The molecular formula is C11H11N3O. The summed E-state index contributed by atoms with van der Waals surface area (Å²) in [4.78, 5) is 15.6. The van der Waals surface area contributed by atoms with Gasteiger partial charge in [-0.25, -0.2) is 0 Å². The summed E-state index contributed by atoms with van der Waals surface area (Å²) in [5.74, 6) is -0.269. The molecule has 0 bridgehead atoms. The van der Waals surface area contributed by atoms with E-state index < -0.39 is 5.54 Å². The van der Waals surface area contributed by atoms with Crippen LogP contribution in [0.15, 0.2) is 18.3 Å². The summed E-state index contributed by atoms with van der Waals surface area (Å²) in [7, 11) is 0. The van der Waals surface area contributed by atoms with Gasteiger partial charge in [0.25, 0.3) is 5.91 Å². The van der Waals surface area contributed by atoms with Gasteiger partial charge < -0.3 is 5.32 Å². The predicted octanol–water partition coefficient (Wildman–Crippen LogP) is 1.18. The highest BCUT2D eigenvalue weighted by molar-refractivity contribution is 5.93. The Hall–Kier alpha value is -1.89. The minimum atomic E-state index is -0.621.